The number of aromatic nitrogens is 1. The van der Waals surface area contributed by atoms with Crippen LogP contribution in [0.25, 0.3) is 0 Å². The molecule has 0 aliphatic carbocycles. The first kappa shape index (κ1) is 22.8. The standard InChI is InChI=1S/C23H22FN5O5S/c24-18-13-16(28-15-17(34-23(28)31)14-27-8-2-1-3-20(27)30)4-5-19(18)25-9-11-26(12-10-25)21-6-7-22(35-21)29(32)33/h1-8,13,17H,9-12,14-15H2/t17-/m1/s1. The molecule has 3 aromatic rings. The molecule has 2 aromatic heterocycles. The Morgan fingerprint density at radius 1 is 1.06 bits per heavy atom. The van der Waals surface area contributed by atoms with Crippen LogP contribution >= 0.6 is 11.3 Å². The van der Waals surface area contributed by atoms with Gasteiger partial charge in [0.05, 0.1) is 34.4 Å². The number of halogens is 1. The lowest BCUT2D eigenvalue weighted by molar-refractivity contribution is -0.380. The summed E-state index contributed by atoms with van der Waals surface area (Å²) in [5, 5.41) is 11.9. The molecule has 182 valence electrons. The second-order valence-electron chi connectivity index (χ2n) is 8.29. The van der Waals surface area contributed by atoms with E-state index in [1.54, 1.807) is 36.5 Å². The second-order valence-corrected chi connectivity index (χ2v) is 9.33. The second kappa shape index (κ2) is 9.37. The van der Waals surface area contributed by atoms with Crippen molar-refractivity contribution in [1.82, 2.24) is 4.57 Å². The number of pyridine rings is 1. The average molecular weight is 500 g/mol. The number of piperazine rings is 1. The van der Waals surface area contributed by atoms with Gasteiger partial charge in [-0.15, -0.1) is 0 Å². The van der Waals surface area contributed by atoms with Crippen LogP contribution in [0.3, 0.4) is 0 Å². The van der Waals surface area contributed by atoms with Crippen LogP contribution < -0.4 is 20.3 Å². The van der Waals surface area contributed by atoms with Gasteiger partial charge in [0.2, 0.25) is 0 Å². The molecule has 0 saturated carbocycles. The van der Waals surface area contributed by atoms with E-state index in [0.29, 0.717) is 37.6 Å². The Labute approximate surface area is 203 Å². The summed E-state index contributed by atoms with van der Waals surface area (Å²) in [6.45, 7) is 2.77. The van der Waals surface area contributed by atoms with Crippen molar-refractivity contribution in [2.75, 3.05) is 47.4 Å². The number of benzene rings is 1. The summed E-state index contributed by atoms with van der Waals surface area (Å²) in [4.78, 5) is 40.2. The number of carbonyl (C=O) groups excluding carboxylic acids is 1. The maximum atomic E-state index is 15.1. The summed E-state index contributed by atoms with van der Waals surface area (Å²) in [6.07, 6.45) is 0.531. The molecule has 0 spiro atoms. The van der Waals surface area contributed by atoms with Crippen LogP contribution in [-0.2, 0) is 11.3 Å². The van der Waals surface area contributed by atoms with Crippen molar-refractivity contribution in [3.05, 3.63) is 81.0 Å². The summed E-state index contributed by atoms with van der Waals surface area (Å²) in [5.74, 6) is -0.446. The van der Waals surface area contributed by atoms with Crippen molar-refractivity contribution in [3.63, 3.8) is 0 Å². The van der Waals surface area contributed by atoms with Gasteiger partial charge in [0.1, 0.15) is 11.9 Å². The first-order valence-corrected chi connectivity index (χ1v) is 11.9. The number of carbonyl (C=O) groups is 1. The molecular formula is C23H22FN5O5S. The van der Waals surface area contributed by atoms with Gasteiger partial charge in [-0.1, -0.05) is 6.07 Å². The Hall–Kier alpha value is -3.93. The van der Waals surface area contributed by atoms with Gasteiger partial charge in [-0.3, -0.25) is 19.8 Å². The fourth-order valence-corrected chi connectivity index (χ4v) is 5.20. The lowest BCUT2D eigenvalue weighted by Crippen LogP contribution is -2.46. The predicted molar refractivity (Wildman–Crippen MR) is 130 cm³/mol. The van der Waals surface area contributed by atoms with E-state index in [9.17, 15) is 19.7 Å². The zero-order valence-corrected chi connectivity index (χ0v) is 19.4. The Morgan fingerprint density at radius 3 is 2.51 bits per heavy atom. The third-order valence-corrected chi connectivity index (χ3v) is 7.20. The highest BCUT2D eigenvalue weighted by molar-refractivity contribution is 7.19. The van der Waals surface area contributed by atoms with E-state index in [4.69, 9.17) is 4.74 Å². The van der Waals surface area contributed by atoms with E-state index in [-0.39, 0.29) is 23.6 Å². The van der Waals surface area contributed by atoms with Gasteiger partial charge in [-0.2, -0.15) is 0 Å². The fraction of sp³-hybridized carbons (Fsp3) is 0.304. The van der Waals surface area contributed by atoms with Crippen LogP contribution in [0.5, 0.6) is 0 Å². The van der Waals surface area contributed by atoms with Crippen LogP contribution in [0.1, 0.15) is 0 Å². The summed E-state index contributed by atoms with van der Waals surface area (Å²) in [7, 11) is 0. The molecule has 1 amide bonds. The van der Waals surface area contributed by atoms with E-state index in [1.807, 2.05) is 4.90 Å². The van der Waals surface area contributed by atoms with Crippen molar-refractivity contribution in [1.29, 1.82) is 0 Å². The molecule has 12 heteroatoms. The van der Waals surface area contributed by atoms with E-state index < -0.39 is 22.9 Å². The van der Waals surface area contributed by atoms with Crippen molar-refractivity contribution in [2.45, 2.75) is 12.6 Å². The first-order chi connectivity index (χ1) is 16.9. The van der Waals surface area contributed by atoms with Crippen LogP contribution in [-0.4, -0.2) is 54.4 Å². The number of thiophene rings is 1. The molecule has 0 radical (unpaired) electrons. The van der Waals surface area contributed by atoms with Crippen LogP contribution in [0.2, 0.25) is 0 Å². The SMILES string of the molecule is O=C1O[C@H](Cn2ccccc2=O)CN1c1ccc(N2CCN(c3ccc([N+](=O)[O-])s3)CC2)c(F)c1. The maximum absolute atomic E-state index is 15.1. The topological polar surface area (TPSA) is 101 Å². The molecule has 0 N–H and O–H groups in total. The molecular weight excluding hydrogens is 477 g/mol. The number of nitrogens with zero attached hydrogens (tertiary/aromatic N) is 5. The molecule has 0 bridgehead atoms. The third-order valence-electron chi connectivity index (χ3n) is 6.11. The Morgan fingerprint density at radius 2 is 1.83 bits per heavy atom. The first-order valence-electron chi connectivity index (χ1n) is 11.1. The number of ether oxygens (including phenoxy) is 1. The molecule has 0 unspecified atom stereocenters. The summed E-state index contributed by atoms with van der Waals surface area (Å²) in [5.41, 5.74) is 0.643. The zero-order valence-electron chi connectivity index (χ0n) is 18.6. The molecule has 2 aliphatic heterocycles. The van der Waals surface area contributed by atoms with Crippen molar-refractivity contribution >= 4 is 38.8 Å². The molecule has 35 heavy (non-hydrogen) atoms. The Kier molecular flexibility index (Phi) is 6.12. The molecule has 5 rings (SSSR count). The van der Waals surface area contributed by atoms with Crippen LogP contribution in [0.15, 0.2) is 59.5 Å². The zero-order chi connectivity index (χ0) is 24.5. The summed E-state index contributed by atoms with van der Waals surface area (Å²) >= 11 is 1.13. The van der Waals surface area contributed by atoms with Gasteiger partial charge in [0.15, 0.2) is 0 Å². The van der Waals surface area contributed by atoms with Crippen molar-refractivity contribution in [2.24, 2.45) is 0 Å². The minimum Gasteiger partial charge on any atom is -0.442 e. The van der Waals surface area contributed by atoms with E-state index >= 15 is 4.39 Å². The molecule has 2 fully saturated rings. The van der Waals surface area contributed by atoms with Crippen LogP contribution in [0.4, 0.5) is 30.6 Å². The van der Waals surface area contributed by atoms with E-state index in [0.717, 1.165) is 16.3 Å². The normalized spacial score (nSPS) is 18.1. The lowest BCUT2D eigenvalue weighted by Gasteiger charge is -2.36. The predicted octanol–water partition coefficient (Wildman–Crippen LogP) is 3.31. The molecule has 2 aliphatic rings. The van der Waals surface area contributed by atoms with Gasteiger partial charge in [0, 0.05) is 44.5 Å². The highest BCUT2D eigenvalue weighted by Gasteiger charge is 2.33. The lowest BCUT2D eigenvalue weighted by atomic mass is 10.2. The number of hydrogen-bond donors (Lipinski definition) is 0. The minimum absolute atomic E-state index is 0.0996. The molecule has 2 saturated heterocycles. The number of rotatable bonds is 6. The molecule has 4 heterocycles. The van der Waals surface area contributed by atoms with E-state index in [2.05, 4.69) is 4.90 Å². The van der Waals surface area contributed by atoms with E-state index in [1.165, 1.54) is 27.7 Å². The number of cyclic esters (lactones) is 1. The smallest absolute Gasteiger partial charge is 0.414 e. The molecule has 10 nitrogen and oxygen atoms in total. The van der Waals surface area contributed by atoms with Crippen molar-refractivity contribution in [3.8, 4) is 0 Å². The van der Waals surface area contributed by atoms with Crippen molar-refractivity contribution < 1.29 is 18.8 Å². The minimum atomic E-state index is -0.579. The fourth-order valence-electron chi connectivity index (χ4n) is 4.33. The average Bonchev–Trinajstić information content (AvgIpc) is 3.48. The Balaban J connectivity index is 1.23. The highest BCUT2D eigenvalue weighted by atomic mass is 32.1. The van der Waals surface area contributed by atoms with Crippen LogP contribution in [0, 0.1) is 15.9 Å². The summed E-state index contributed by atoms with van der Waals surface area (Å²) in [6, 6.07) is 12.7. The molecule has 1 atom stereocenters. The van der Waals surface area contributed by atoms with Gasteiger partial charge >= 0.3 is 11.1 Å². The number of hydrogen-bond acceptors (Lipinski definition) is 8. The quantitative estimate of drug-likeness (QED) is 0.379. The van der Waals surface area contributed by atoms with Gasteiger partial charge < -0.3 is 19.1 Å². The number of amides is 1. The van der Waals surface area contributed by atoms with Gasteiger partial charge in [0.25, 0.3) is 5.56 Å². The molecule has 1 aromatic carbocycles. The largest absolute Gasteiger partial charge is 0.442 e. The number of anilines is 3. The number of nitro groups is 1. The van der Waals surface area contributed by atoms with Gasteiger partial charge in [-0.05, 0) is 41.7 Å². The summed E-state index contributed by atoms with van der Waals surface area (Å²) < 4.78 is 21.9. The highest BCUT2D eigenvalue weighted by Crippen LogP contribution is 2.33. The Bertz CT molecular complexity index is 1320. The maximum Gasteiger partial charge on any atom is 0.414 e. The monoisotopic (exact) mass is 499 g/mol. The van der Waals surface area contributed by atoms with Gasteiger partial charge in [-0.25, -0.2) is 9.18 Å². The third kappa shape index (κ3) is 4.69.